The topological polar surface area (TPSA) is 54.5 Å². The van der Waals surface area contributed by atoms with Gasteiger partial charge in [-0.3, -0.25) is 4.79 Å². The van der Waals surface area contributed by atoms with Crippen LogP contribution in [0.15, 0.2) is 12.7 Å². The maximum Gasteiger partial charge on any atom is 0.239 e. The number of unbranched alkanes of at least 4 members (excludes halogenated alkanes) is 3. The monoisotopic (exact) mass is 381 g/mol. The van der Waals surface area contributed by atoms with Gasteiger partial charge in [-0.2, -0.15) is 0 Å². The average molecular weight is 382 g/mol. The van der Waals surface area contributed by atoms with Crippen LogP contribution in [-0.2, 0) is 14.8 Å². The highest BCUT2D eigenvalue weighted by Gasteiger charge is 2.72. The number of carbonyl (C=O) groups is 1. The van der Waals surface area contributed by atoms with E-state index < -0.39 is 10.0 Å². The Hall–Kier alpha value is -0.840. The van der Waals surface area contributed by atoms with Gasteiger partial charge in [0.25, 0.3) is 0 Å². The highest BCUT2D eigenvalue weighted by Crippen LogP contribution is 2.70. The highest BCUT2D eigenvalue weighted by atomic mass is 32.2. The van der Waals surface area contributed by atoms with Crippen LogP contribution in [0.1, 0.15) is 78.6 Å². The van der Waals surface area contributed by atoms with Crippen molar-refractivity contribution in [2.45, 2.75) is 84.6 Å². The lowest BCUT2D eigenvalue weighted by Crippen LogP contribution is -2.46. The molecule has 0 N–H and O–H groups in total. The van der Waals surface area contributed by atoms with E-state index in [2.05, 4.69) is 27.4 Å². The SMILES string of the molecule is C=CC[C@H](CCCCCC)C(=O)N1[C@@H]2C[C@H]3CCC2(CS1(=O)=O)C3(C)C. The van der Waals surface area contributed by atoms with E-state index in [-0.39, 0.29) is 34.4 Å². The van der Waals surface area contributed by atoms with Crippen molar-refractivity contribution in [3.8, 4) is 0 Å². The molecule has 1 aliphatic heterocycles. The van der Waals surface area contributed by atoms with Crippen LogP contribution >= 0.6 is 0 Å². The minimum atomic E-state index is -3.51. The van der Waals surface area contributed by atoms with E-state index in [0.717, 1.165) is 44.9 Å². The van der Waals surface area contributed by atoms with E-state index in [1.165, 1.54) is 10.7 Å². The number of carbonyl (C=O) groups excluding carboxylic acids is 1. The Labute approximate surface area is 159 Å². The molecule has 3 aliphatic rings. The molecule has 4 atom stereocenters. The smallest absolute Gasteiger partial charge is 0.239 e. The molecule has 1 unspecified atom stereocenters. The summed E-state index contributed by atoms with van der Waals surface area (Å²) in [5.74, 6) is 0.306. The van der Waals surface area contributed by atoms with Crippen LogP contribution in [0.3, 0.4) is 0 Å². The second-order valence-corrected chi connectivity index (χ2v) is 11.2. The second-order valence-electron chi connectivity index (χ2n) is 9.33. The zero-order valence-corrected chi connectivity index (χ0v) is 17.5. The number of hydrogen-bond donors (Lipinski definition) is 0. The van der Waals surface area contributed by atoms with Crippen LogP contribution in [0.25, 0.3) is 0 Å². The molecule has 2 aliphatic carbocycles. The molecule has 1 heterocycles. The van der Waals surface area contributed by atoms with Crippen LogP contribution in [0.5, 0.6) is 0 Å². The predicted molar refractivity (Wildman–Crippen MR) is 105 cm³/mol. The number of allylic oxidation sites excluding steroid dienone is 1. The molecule has 4 nitrogen and oxygen atoms in total. The minimum Gasteiger partial charge on any atom is -0.273 e. The summed E-state index contributed by atoms with van der Waals surface area (Å²) in [4.78, 5) is 13.3. The number of rotatable bonds is 8. The zero-order chi connectivity index (χ0) is 19.2. The minimum absolute atomic E-state index is 0.00876. The number of nitrogens with zero attached hydrogens (tertiary/aromatic N) is 1. The van der Waals surface area contributed by atoms with E-state index in [1.54, 1.807) is 6.08 Å². The van der Waals surface area contributed by atoms with Crippen molar-refractivity contribution >= 4 is 15.9 Å². The largest absolute Gasteiger partial charge is 0.273 e. The number of amides is 1. The summed E-state index contributed by atoms with van der Waals surface area (Å²) in [5.41, 5.74) is -0.220. The molecular weight excluding hydrogens is 346 g/mol. The zero-order valence-electron chi connectivity index (χ0n) is 16.7. The molecule has 26 heavy (non-hydrogen) atoms. The Balaban J connectivity index is 1.82. The molecule has 148 valence electrons. The molecule has 1 amide bonds. The lowest BCUT2D eigenvalue weighted by atomic mass is 9.69. The molecule has 3 fully saturated rings. The van der Waals surface area contributed by atoms with Crippen LogP contribution in [-0.4, -0.2) is 30.4 Å². The van der Waals surface area contributed by atoms with Gasteiger partial charge in [-0.15, -0.1) is 6.58 Å². The number of sulfonamides is 1. The fraction of sp³-hybridized carbons (Fsp3) is 0.857. The van der Waals surface area contributed by atoms with Crippen LogP contribution in [0.4, 0.5) is 0 Å². The van der Waals surface area contributed by atoms with E-state index in [4.69, 9.17) is 0 Å². The Morgan fingerprint density at radius 2 is 2.04 bits per heavy atom. The van der Waals surface area contributed by atoms with Gasteiger partial charge >= 0.3 is 0 Å². The molecule has 0 aromatic carbocycles. The van der Waals surface area contributed by atoms with Crippen LogP contribution in [0, 0.1) is 22.7 Å². The summed E-state index contributed by atoms with van der Waals surface area (Å²) in [6, 6.07) is -0.114. The molecule has 5 heteroatoms. The Morgan fingerprint density at radius 1 is 1.31 bits per heavy atom. The van der Waals surface area contributed by atoms with Crippen molar-refractivity contribution in [2.24, 2.45) is 22.7 Å². The first-order valence-corrected chi connectivity index (χ1v) is 12.0. The fourth-order valence-corrected chi connectivity index (χ4v) is 8.72. The maximum absolute atomic E-state index is 13.3. The normalized spacial score (nSPS) is 34.7. The fourth-order valence-electron chi connectivity index (χ4n) is 6.12. The van der Waals surface area contributed by atoms with E-state index in [9.17, 15) is 13.2 Å². The van der Waals surface area contributed by atoms with Gasteiger partial charge < -0.3 is 0 Å². The lowest BCUT2D eigenvalue weighted by molar-refractivity contribution is -0.133. The third-order valence-corrected chi connectivity index (χ3v) is 9.75. The third-order valence-electron chi connectivity index (χ3n) is 7.83. The summed E-state index contributed by atoms with van der Waals surface area (Å²) in [5, 5.41) is 0. The summed E-state index contributed by atoms with van der Waals surface area (Å²) in [6.45, 7) is 10.4. The standard InChI is InChI=1S/C21H35NO3S/c1-5-7-8-9-11-16(10-6-2)19(23)22-18-14-17-12-13-21(18,20(17,3)4)15-26(22,24)25/h6,16-18H,2,5,7-15H2,1,3-4H3/t16-,17-,18-,21?/m1/s1. The average Bonchev–Trinajstić information content (AvgIpc) is 3.04. The van der Waals surface area contributed by atoms with Gasteiger partial charge in [0.15, 0.2) is 0 Å². The molecule has 0 aromatic rings. The van der Waals surface area contributed by atoms with Gasteiger partial charge in [-0.1, -0.05) is 52.5 Å². The summed E-state index contributed by atoms with van der Waals surface area (Å²) < 4.78 is 27.5. The van der Waals surface area contributed by atoms with Crippen molar-refractivity contribution in [1.82, 2.24) is 4.31 Å². The van der Waals surface area contributed by atoms with Gasteiger partial charge in [-0.25, -0.2) is 12.7 Å². The predicted octanol–water partition coefficient (Wildman–Crippen LogP) is 4.52. The van der Waals surface area contributed by atoms with Crippen molar-refractivity contribution < 1.29 is 13.2 Å². The molecule has 2 bridgehead atoms. The summed E-state index contributed by atoms with van der Waals surface area (Å²) in [7, 11) is -3.51. The maximum atomic E-state index is 13.3. The number of fused-ring (bicyclic) bond motifs is 1. The molecule has 1 saturated heterocycles. The first-order valence-electron chi connectivity index (χ1n) is 10.4. The Kier molecular flexibility index (Phi) is 5.33. The van der Waals surface area contributed by atoms with Crippen molar-refractivity contribution in [3.05, 3.63) is 12.7 Å². The molecular formula is C21H35NO3S. The quantitative estimate of drug-likeness (QED) is 0.459. The first kappa shape index (κ1) is 19.9. The second kappa shape index (κ2) is 6.96. The van der Waals surface area contributed by atoms with Gasteiger partial charge in [0.1, 0.15) is 0 Å². The van der Waals surface area contributed by atoms with Crippen molar-refractivity contribution in [1.29, 1.82) is 0 Å². The highest BCUT2D eigenvalue weighted by molar-refractivity contribution is 7.90. The Morgan fingerprint density at radius 3 is 2.65 bits per heavy atom. The van der Waals surface area contributed by atoms with E-state index >= 15 is 0 Å². The van der Waals surface area contributed by atoms with Crippen LogP contribution in [0.2, 0.25) is 0 Å². The van der Waals surface area contributed by atoms with Crippen molar-refractivity contribution in [2.75, 3.05) is 5.75 Å². The molecule has 3 rings (SSSR count). The Bertz CT molecular complexity index is 669. The van der Waals surface area contributed by atoms with Crippen LogP contribution < -0.4 is 0 Å². The van der Waals surface area contributed by atoms with Crippen molar-refractivity contribution in [3.63, 3.8) is 0 Å². The van der Waals surface area contributed by atoms with E-state index in [1.807, 2.05) is 0 Å². The molecule has 2 saturated carbocycles. The van der Waals surface area contributed by atoms with Gasteiger partial charge in [0.2, 0.25) is 15.9 Å². The molecule has 0 radical (unpaired) electrons. The summed E-state index contributed by atoms with van der Waals surface area (Å²) >= 11 is 0. The third kappa shape index (κ3) is 2.85. The molecule has 1 spiro atoms. The lowest BCUT2D eigenvalue weighted by Gasteiger charge is -2.37. The van der Waals surface area contributed by atoms with E-state index in [0.29, 0.717) is 12.3 Å². The summed E-state index contributed by atoms with van der Waals surface area (Å²) in [6.07, 6.45) is 10.4. The number of hydrogen-bond acceptors (Lipinski definition) is 3. The van der Waals surface area contributed by atoms with Gasteiger partial charge in [-0.05, 0) is 43.4 Å². The van der Waals surface area contributed by atoms with Gasteiger partial charge in [0.05, 0.1) is 11.8 Å². The first-order chi connectivity index (χ1) is 12.2. The van der Waals surface area contributed by atoms with Gasteiger partial charge in [0, 0.05) is 11.3 Å². The molecule has 0 aromatic heterocycles.